The van der Waals surface area contributed by atoms with Crippen LogP contribution in [0.4, 0.5) is 0 Å². The number of ketones is 1. The smallest absolute Gasteiger partial charge is 0.371 e. The van der Waals surface area contributed by atoms with Gasteiger partial charge in [0.05, 0.1) is 11.0 Å². The summed E-state index contributed by atoms with van der Waals surface area (Å²) in [5.74, 6) is -1.17. The number of carbonyl (C=O) groups is 2. The van der Waals surface area contributed by atoms with E-state index in [0.717, 1.165) is 0 Å². The van der Waals surface area contributed by atoms with Crippen molar-refractivity contribution < 1.29 is 23.3 Å². The summed E-state index contributed by atoms with van der Waals surface area (Å²) < 4.78 is 16.6. The van der Waals surface area contributed by atoms with E-state index >= 15 is 0 Å². The molecular weight excluding hydrogens is 232 g/mol. The van der Waals surface area contributed by atoms with Crippen LogP contribution in [0.3, 0.4) is 0 Å². The predicted octanol–water partition coefficient (Wildman–Crippen LogP) is 1.20. The molecule has 2 unspecified atom stereocenters. The lowest BCUT2D eigenvalue weighted by Gasteiger charge is -2.05. The van der Waals surface area contributed by atoms with Gasteiger partial charge in [-0.25, -0.2) is 4.79 Å². The zero-order valence-electron chi connectivity index (χ0n) is 8.93. The van der Waals surface area contributed by atoms with Gasteiger partial charge >= 0.3 is 5.97 Å². The van der Waals surface area contributed by atoms with Gasteiger partial charge in [0, 0.05) is 10.8 Å². The number of carboxylic acids is 1. The number of hydrogen-bond donors (Lipinski definition) is 1. The molecule has 0 fully saturated rings. The first-order valence-electron chi connectivity index (χ1n) is 4.61. The van der Waals surface area contributed by atoms with Crippen LogP contribution < -0.4 is 0 Å². The number of rotatable bonds is 5. The van der Waals surface area contributed by atoms with E-state index in [-0.39, 0.29) is 17.3 Å². The molecular formula is C10H12O5S. The molecule has 0 amide bonds. The van der Waals surface area contributed by atoms with Gasteiger partial charge in [-0.1, -0.05) is 0 Å². The summed E-state index contributed by atoms with van der Waals surface area (Å²) in [7, 11) is -1.38. The number of aromatic carboxylic acids is 1. The number of hydrogen-bond acceptors (Lipinski definition) is 4. The van der Waals surface area contributed by atoms with Gasteiger partial charge in [-0.3, -0.25) is 9.00 Å². The van der Waals surface area contributed by atoms with Crippen molar-refractivity contribution in [3.63, 3.8) is 0 Å². The average molecular weight is 244 g/mol. The minimum Gasteiger partial charge on any atom is -0.475 e. The molecule has 0 spiro atoms. The van der Waals surface area contributed by atoms with Gasteiger partial charge in [0.25, 0.3) is 0 Å². The molecule has 0 saturated carbocycles. The fourth-order valence-electron chi connectivity index (χ4n) is 1.02. The van der Waals surface area contributed by atoms with Gasteiger partial charge in [0.15, 0.2) is 0 Å². The summed E-state index contributed by atoms with van der Waals surface area (Å²) in [5, 5.41) is 8.04. The molecule has 0 aromatic carbocycles. The van der Waals surface area contributed by atoms with Crippen molar-refractivity contribution in [2.75, 3.05) is 0 Å². The van der Waals surface area contributed by atoms with Gasteiger partial charge in [-0.05, 0) is 26.0 Å². The Labute approximate surface area is 94.9 Å². The SMILES string of the molecule is CC(=O)C(C)S(=O)Cc1ccc(C(=O)O)o1. The maximum Gasteiger partial charge on any atom is 0.371 e. The highest BCUT2D eigenvalue weighted by Gasteiger charge is 2.18. The number of Topliss-reactive ketones (excluding diaryl/α,β-unsaturated/α-hetero) is 1. The van der Waals surface area contributed by atoms with Gasteiger partial charge in [-0.15, -0.1) is 0 Å². The fraction of sp³-hybridized carbons (Fsp3) is 0.400. The van der Waals surface area contributed by atoms with Crippen molar-refractivity contribution in [1.29, 1.82) is 0 Å². The Morgan fingerprint density at radius 3 is 2.56 bits per heavy atom. The maximum atomic E-state index is 11.6. The van der Waals surface area contributed by atoms with Crippen LogP contribution in [0.2, 0.25) is 0 Å². The fourth-order valence-corrected chi connectivity index (χ4v) is 2.08. The van der Waals surface area contributed by atoms with Crippen LogP contribution in [0.25, 0.3) is 0 Å². The van der Waals surface area contributed by atoms with E-state index in [2.05, 4.69) is 0 Å². The third kappa shape index (κ3) is 3.03. The van der Waals surface area contributed by atoms with E-state index < -0.39 is 22.0 Å². The molecule has 0 saturated heterocycles. The lowest BCUT2D eigenvalue weighted by atomic mass is 10.3. The highest BCUT2D eigenvalue weighted by atomic mass is 32.2. The minimum atomic E-state index is -1.38. The molecule has 1 N–H and O–H groups in total. The van der Waals surface area contributed by atoms with Crippen molar-refractivity contribution in [3.8, 4) is 0 Å². The van der Waals surface area contributed by atoms with Crippen LogP contribution in [-0.2, 0) is 21.3 Å². The molecule has 0 aliphatic heterocycles. The van der Waals surface area contributed by atoms with E-state index in [1.54, 1.807) is 6.92 Å². The van der Waals surface area contributed by atoms with E-state index in [4.69, 9.17) is 9.52 Å². The monoisotopic (exact) mass is 244 g/mol. The van der Waals surface area contributed by atoms with E-state index in [0.29, 0.717) is 5.76 Å². The van der Waals surface area contributed by atoms with Gasteiger partial charge in [-0.2, -0.15) is 0 Å². The van der Waals surface area contributed by atoms with Crippen molar-refractivity contribution in [1.82, 2.24) is 0 Å². The molecule has 16 heavy (non-hydrogen) atoms. The third-order valence-electron chi connectivity index (χ3n) is 2.12. The Morgan fingerprint density at radius 2 is 2.12 bits per heavy atom. The molecule has 88 valence electrons. The Balaban J connectivity index is 2.70. The molecule has 6 heteroatoms. The topological polar surface area (TPSA) is 84.6 Å². The summed E-state index contributed by atoms with van der Waals surface area (Å²) in [5.41, 5.74) is 0. The lowest BCUT2D eigenvalue weighted by molar-refractivity contribution is -0.116. The molecule has 0 radical (unpaired) electrons. The van der Waals surface area contributed by atoms with Crippen LogP contribution in [0.15, 0.2) is 16.5 Å². The Morgan fingerprint density at radius 1 is 1.50 bits per heavy atom. The normalized spacial score (nSPS) is 14.4. The van der Waals surface area contributed by atoms with Gasteiger partial charge in [0.1, 0.15) is 11.5 Å². The maximum absolute atomic E-state index is 11.6. The second-order valence-electron chi connectivity index (χ2n) is 3.35. The van der Waals surface area contributed by atoms with E-state index in [1.807, 2.05) is 0 Å². The highest BCUT2D eigenvalue weighted by molar-refractivity contribution is 7.85. The average Bonchev–Trinajstić information content (AvgIpc) is 2.64. The molecule has 2 atom stereocenters. The summed E-state index contributed by atoms with van der Waals surface area (Å²) in [6.45, 7) is 2.94. The molecule has 0 aliphatic rings. The third-order valence-corrected chi connectivity index (χ3v) is 3.81. The van der Waals surface area contributed by atoms with Crippen LogP contribution in [-0.4, -0.2) is 26.3 Å². The number of carboxylic acid groups (broad SMARTS) is 1. The molecule has 0 aliphatic carbocycles. The predicted molar refractivity (Wildman–Crippen MR) is 57.7 cm³/mol. The zero-order valence-corrected chi connectivity index (χ0v) is 9.74. The molecule has 1 aromatic rings. The van der Waals surface area contributed by atoms with Crippen LogP contribution in [0, 0.1) is 0 Å². The van der Waals surface area contributed by atoms with Crippen molar-refractivity contribution in [2.24, 2.45) is 0 Å². The lowest BCUT2D eigenvalue weighted by Crippen LogP contribution is -2.20. The van der Waals surface area contributed by atoms with Gasteiger partial charge < -0.3 is 9.52 Å². The van der Waals surface area contributed by atoms with Crippen LogP contribution in [0.1, 0.15) is 30.2 Å². The Bertz CT molecular complexity index is 434. The summed E-state index contributed by atoms with van der Waals surface area (Å²) >= 11 is 0. The standard InChI is InChI=1S/C10H12O5S/c1-6(11)7(2)16(14)5-8-3-4-9(15-8)10(12)13/h3-4,7H,5H2,1-2H3,(H,12,13). The summed E-state index contributed by atoms with van der Waals surface area (Å²) in [4.78, 5) is 21.5. The molecule has 1 aromatic heterocycles. The number of furan rings is 1. The zero-order chi connectivity index (χ0) is 12.3. The van der Waals surface area contributed by atoms with E-state index in [1.165, 1.54) is 19.1 Å². The first-order valence-corrected chi connectivity index (χ1v) is 5.99. The Hall–Kier alpha value is -1.43. The second-order valence-corrected chi connectivity index (χ2v) is 5.11. The van der Waals surface area contributed by atoms with Crippen molar-refractivity contribution in [2.45, 2.75) is 24.9 Å². The first-order chi connectivity index (χ1) is 7.41. The highest BCUT2D eigenvalue weighted by Crippen LogP contribution is 2.12. The molecule has 0 bridgehead atoms. The molecule has 1 rings (SSSR count). The first kappa shape index (κ1) is 12.6. The summed E-state index contributed by atoms with van der Waals surface area (Å²) in [6.07, 6.45) is 0. The molecule has 1 heterocycles. The quantitative estimate of drug-likeness (QED) is 0.841. The largest absolute Gasteiger partial charge is 0.475 e. The van der Waals surface area contributed by atoms with Crippen LogP contribution in [0.5, 0.6) is 0 Å². The summed E-state index contributed by atoms with van der Waals surface area (Å²) in [6, 6.07) is 2.75. The van der Waals surface area contributed by atoms with Crippen molar-refractivity contribution in [3.05, 3.63) is 23.7 Å². The molecule has 5 nitrogen and oxygen atoms in total. The number of carbonyl (C=O) groups excluding carboxylic acids is 1. The minimum absolute atomic E-state index is 0.0496. The van der Waals surface area contributed by atoms with Gasteiger partial charge in [0.2, 0.25) is 5.76 Å². The van der Waals surface area contributed by atoms with Crippen molar-refractivity contribution >= 4 is 22.6 Å². The second kappa shape index (κ2) is 5.07. The Kier molecular flexibility index (Phi) is 4.00. The van der Waals surface area contributed by atoms with Crippen LogP contribution >= 0.6 is 0 Å². The van der Waals surface area contributed by atoms with E-state index in [9.17, 15) is 13.8 Å².